The van der Waals surface area contributed by atoms with Crippen molar-refractivity contribution in [3.05, 3.63) is 0 Å². The Balaban J connectivity index is 1.87. The lowest BCUT2D eigenvalue weighted by atomic mass is 10.1. The minimum atomic E-state index is -1.08. The predicted octanol–water partition coefficient (Wildman–Crippen LogP) is 4.27. The van der Waals surface area contributed by atoms with Crippen molar-refractivity contribution in [2.24, 2.45) is 0 Å². The first-order valence-corrected chi connectivity index (χ1v) is 10.9. The van der Waals surface area contributed by atoms with Gasteiger partial charge in [-0.3, -0.25) is 0 Å². The van der Waals surface area contributed by atoms with Crippen molar-refractivity contribution in [2.75, 3.05) is 26.2 Å². The zero-order valence-corrected chi connectivity index (χ0v) is 18.0. The summed E-state index contributed by atoms with van der Waals surface area (Å²) in [7, 11) is -2.15. The van der Waals surface area contributed by atoms with Crippen LogP contribution in [0.5, 0.6) is 0 Å². The molecule has 8 heteroatoms. The third kappa shape index (κ3) is 4.47. The van der Waals surface area contributed by atoms with E-state index >= 15 is 0 Å². The zero-order valence-electron chi connectivity index (χ0n) is 16.3. The van der Waals surface area contributed by atoms with E-state index in [0.717, 1.165) is 26.2 Å². The van der Waals surface area contributed by atoms with Gasteiger partial charge >= 0.3 is 0 Å². The first kappa shape index (κ1) is 19.4. The first-order chi connectivity index (χ1) is 10.8. The van der Waals surface area contributed by atoms with Gasteiger partial charge in [-0.1, -0.05) is 0 Å². The van der Waals surface area contributed by atoms with Crippen molar-refractivity contribution in [1.82, 2.24) is 9.34 Å². The molecule has 0 aromatic rings. The Bertz CT molecular complexity index is 418. The maximum atomic E-state index is 6.47. The van der Waals surface area contributed by atoms with Crippen LogP contribution in [0.1, 0.15) is 55.4 Å². The third-order valence-electron chi connectivity index (χ3n) is 4.02. The molecule has 0 radical (unpaired) electrons. The van der Waals surface area contributed by atoms with Gasteiger partial charge in [-0.25, -0.2) is 9.34 Å². The number of hydrogen-bond donors (Lipinski definition) is 0. The summed E-state index contributed by atoms with van der Waals surface area (Å²) >= 11 is 0. The van der Waals surface area contributed by atoms with Gasteiger partial charge in [0.25, 0.3) is 17.1 Å². The molecule has 3 fully saturated rings. The summed E-state index contributed by atoms with van der Waals surface area (Å²) in [5, 5.41) is 0. The summed E-state index contributed by atoms with van der Waals surface area (Å²) in [4.78, 5) is 0. The largest absolute Gasteiger partial charge is 0.314 e. The first-order valence-electron chi connectivity index (χ1n) is 8.63. The lowest BCUT2D eigenvalue weighted by molar-refractivity contribution is 0.0382. The Labute approximate surface area is 149 Å². The van der Waals surface area contributed by atoms with Crippen LogP contribution in [0, 0.1) is 0 Å². The maximum Gasteiger partial charge on any atom is 0.260 e. The maximum absolute atomic E-state index is 6.47. The van der Waals surface area contributed by atoms with E-state index in [0.29, 0.717) is 0 Å². The van der Waals surface area contributed by atoms with Gasteiger partial charge in [-0.05, 0) is 55.4 Å². The van der Waals surface area contributed by atoms with E-state index < -0.39 is 17.1 Å². The Kier molecular flexibility index (Phi) is 4.90. The number of hydrogen-bond acceptors (Lipinski definition) is 6. The second-order valence-corrected chi connectivity index (χ2v) is 12.3. The third-order valence-corrected chi connectivity index (χ3v) is 8.11. The van der Waals surface area contributed by atoms with E-state index in [1.54, 1.807) is 0 Å². The predicted molar refractivity (Wildman–Crippen MR) is 97.6 cm³/mol. The molecule has 0 spiro atoms. The fourth-order valence-electron chi connectivity index (χ4n) is 3.33. The van der Waals surface area contributed by atoms with Crippen LogP contribution in [-0.4, -0.2) is 57.9 Å². The molecule has 24 heavy (non-hydrogen) atoms. The standard InChI is InChI=1S/C16H32N2O4P2/c1-13(2)9-17-11-15(5,6)22-24-18(10-14(3,4)20-24)12-16(7,8)21-23(17)19-13/h9-12H2,1-8H3. The van der Waals surface area contributed by atoms with Crippen LogP contribution in [0.2, 0.25) is 0 Å². The van der Waals surface area contributed by atoms with E-state index in [2.05, 4.69) is 64.7 Å². The molecule has 0 bridgehead atoms. The molecule has 0 aliphatic carbocycles. The second-order valence-electron chi connectivity index (χ2n) is 9.52. The molecule has 0 saturated carbocycles. The summed E-state index contributed by atoms with van der Waals surface area (Å²) in [6.45, 7) is 20.3. The fourth-order valence-corrected chi connectivity index (χ4v) is 7.61. The minimum absolute atomic E-state index is 0.189. The fraction of sp³-hybridized carbons (Fsp3) is 1.00. The van der Waals surface area contributed by atoms with Gasteiger partial charge in [-0.2, -0.15) is 0 Å². The smallest absolute Gasteiger partial charge is 0.260 e. The molecule has 0 N–H and O–H groups in total. The summed E-state index contributed by atoms with van der Waals surface area (Å²) in [6, 6.07) is 0. The van der Waals surface area contributed by atoms with Gasteiger partial charge in [0.1, 0.15) is 0 Å². The average molecular weight is 378 g/mol. The van der Waals surface area contributed by atoms with Gasteiger partial charge in [0.2, 0.25) is 0 Å². The molecule has 3 heterocycles. The minimum Gasteiger partial charge on any atom is -0.314 e. The second kappa shape index (κ2) is 6.07. The molecular formula is C16H32N2O4P2. The zero-order chi connectivity index (χ0) is 18.0. The van der Waals surface area contributed by atoms with Crippen molar-refractivity contribution < 1.29 is 18.1 Å². The Morgan fingerprint density at radius 1 is 0.500 bits per heavy atom. The van der Waals surface area contributed by atoms with E-state index in [9.17, 15) is 0 Å². The molecule has 3 saturated heterocycles. The van der Waals surface area contributed by atoms with Crippen LogP contribution >= 0.6 is 17.1 Å². The molecule has 3 rings (SSSR count). The molecule has 6 nitrogen and oxygen atoms in total. The topological polar surface area (TPSA) is 43.4 Å². The van der Waals surface area contributed by atoms with Gasteiger partial charge in [0, 0.05) is 26.2 Å². The van der Waals surface area contributed by atoms with Crippen LogP contribution < -0.4 is 0 Å². The van der Waals surface area contributed by atoms with Crippen LogP contribution in [0.15, 0.2) is 0 Å². The van der Waals surface area contributed by atoms with E-state index in [1.807, 2.05) is 0 Å². The van der Waals surface area contributed by atoms with Gasteiger partial charge < -0.3 is 18.1 Å². The molecule has 0 amide bonds. The summed E-state index contributed by atoms with van der Waals surface area (Å²) in [5.74, 6) is 0. The Morgan fingerprint density at radius 2 is 0.708 bits per heavy atom. The van der Waals surface area contributed by atoms with Gasteiger partial charge in [0.15, 0.2) is 0 Å². The number of rotatable bonds is 0. The molecule has 0 unspecified atom stereocenters. The van der Waals surface area contributed by atoms with Crippen molar-refractivity contribution >= 4 is 17.1 Å². The van der Waals surface area contributed by atoms with Crippen LogP contribution in [-0.2, 0) is 18.1 Å². The van der Waals surface area contributed by atoms with E-state index in [1.165, 1.54) is 0 Å². The van der Waals surface area contributed by atoms with Crippen molar-refractivity contribution in [1.29, 1.82) is 0 Å². The molecule has 140 valence electrons. The summed E-state index contributed by atoms with van der Waals surface area (Å²) in [5.41, 5.74) is -1.02. The molecule has 0 aromatic heterocycles. The van der Waals surface area contributed by atoms with Crippen LogP contribution in [0.25, 0.3) is 0 Å². The normalized spacial score (nSPS) is 38.5. The highest BCUT2D eigenvalue weighted by atomic mass is 31.2. The van der Waals surface area contributed by atoms with Gasteiger partial charge in [0.05, 0.1) is 22.4 Å². The van der Waals surface area contributed by atoms with Crippen molar-refractivity contribution in [3.8, 4) is 0 Å². The molecule has 0 aromatic carbocycles. The Hall–Kier alpha value is 0.620. The summed E-state index contributed by atoms with van der Waals surface area (Å²) < 4.78 is 30.0. The van der Waals surface area contributed by atoms with E-state index in [4.69, 9.17) is 18.1 Å². The highest BCUT2D eigenvalue weighted by Gasteiger charge is 2.50. The number of nitrogens with zero attached hydrogens (tertiary/aromatic N) is 2. The highest BCUT2D eigenvalue weighted by molar-refractivity contribution is 7.45. The number of fused-ring (bicyclic) bond motifs is 2. The lowest BCUT2D eigenvalue weighted by Gasteiger charge is -2.40. The van der Waals surface area contributed by atoms with Crippen molar-refractivity contribution in [2.45, 2.75) is 77.8 Å². The van der Waals surface area contributed by atoms with Crippen LogP contribution in [0.3, 0.4) is 0 Å². The molecule has 3 aliphatic rings. The molecule has 0 atom stereocenters. The molecular weight excluding hydrogens is 346 g/mol. The monoisotopic (exact) mass is 378 g/mol. The average Bonchev–Trinajstić information content (AvgIpc) is 2.71. The van der Waals surface area contributed by atoms with Crippen molar-refractivity contribution in [3.63, 3.8) is 0 Å². The van der Waals surface area contributed by atoms with Gasteiger partial charge in [-0.15, -0.1) is 0 Å². The highest BCUT2D eigenvalue weighted by Crippen LogP contribution is 2.60. The quantitative estimate of drug-likeness (QED) is 0.587. The Morgan fingerprint density at radius 3 is 0.917 bits per heavy atom. The summed E-state index contributed by atoms with van der Waals surface area (Å²) in [6.07, 6.45) is 0. The molecule has 3 aliphatic heterocycles. The lowest BCUT2D eigenvalue weighted by Crippen LogP contribution is -2.44. The van der Waals surface area contributed by atoms with E-state index in [-0.39, 0.29) is 22.4 Å². The SMILES string of the molecule is CC1(C)CN2CC(C)(C)OP3OC(C)(C)CN3CC(C)(C)OP2O1. The van der Waals surface area contributed by atoms with Crippen LogP contribution in [0.4, 0.5) is 0 Å².